The lowest BCUT2D eigenvalue weighted by atomic mass is 9.97. The number of nitrogens with one attached hydrogen (secondary N) is 2. The largest absolute Gasteiger partial charge is 0.453 e. The van der Waals surface area contributed by atoms with Gasteiger partial charge in [-0.3, -0.25) is 0 Å². The molecule has 2 atom stereocenters. The molecule has 0 saturated carbocycles. The van der Waals surface area contributed by atoms with Crippen molar-refractivity contribution in [3.63, 3.8) is 0 Å². The Labute approximate surface area is 145 Å². The van der Waals surface area contributed by atoms with Crippen LogP contribution < -0.4 is 10.6 Å². The predicted octanol–water partition coefficient (Wildman–Crippen LogP) is 1.64. The topological polar surface area (TPSA) is 73.9 Å². The zero-order chi connectivity index (χ0) is 17.5. The Bertz CT molecular complexity index is 430. The maximum Gasteiger partial charge on any atom is 0.409 e. The van der Waals surface area contributed by atoms with Crippen LogP contribution in [0.5, 0.6) is 0 Å². The molecule has 2 aliphatic heterocycles. The highest BCUT2D eigenvalue weighted by atomic mass is 16.5. The minimum absolute atomic E-state index is 0.00336. The predicted molar refractivity (Wildman–Crippen MR) is 93.0 cm³/mol. The minimum Gasteiger partial charge on any atom is -0.453 e. The SMILES string of the molecule is COC(=O)N1CCC[C@H](NC(=O)NC[C@H]2CCCN(C(C)C)C2)C1. The number of rotatable bonds is 4. The van der Waals surface area contributed by atoms with Gasteiger partial charge in [-0.25, -0.2) is 9.59 Å². The fourth-order valence-electron chi connectivity index (χ4n) is 3.60. The number of amides is 3. The molecule has 7 heteroatoms. The third-order valence-corrected chi connectivity index (χ3v) is 5.02. The lowest BCUT2D eigenvalue weighted by Gasteiger charge is -2.35. The van der Waals surface area contributed by atoms with Gasteiger partial charge in [0.1, 0.15) is 0 Å². The van der Waals surface area contributed by atoms with Crippen molar-refractivity contribution in [1.82, 2.24) is 20.4 Å². The molecular formula is C17H32N4O3. The summed E-state index contributed by atoms with van der Waals surface area (Å²) in [6.07, 6.45) is 3.82. The van der Waals surface area contributed by atoms with Crippen LogP contribution in [0, 0.1) is 5.92 Å². The van der Waals surface area contributed by atoms with Crippen molar-refractivity contribution in [2.24, 2.45) is 5.92 Å². The van der Waals surface area contributed by atoms with E-state index < -0.39 is 0 Å². The Morgan fingerprint density at radius 1 is 1.17 bits per heavy atom. The molecule has 2 aliphatic rings. The van der Waals surface area contributed by atoms with E-state index in [9.17, 15) is 9.59 Å². The Morgan fingerprint density at radius 2 is 1.92 bits per heavy atom. The van der Waals surface area contributed by atoms with E-state index in [0.717, 1.165) is 25.9 Å². The molecular weight excluding hydrogens is 308 g/mol. The van der Waals surface area contributed by atoms with Crippen LogP contribution in [0.4, 0.5) is 9.59 Å². The molecule has 0 spiro atoms. The van der Waals surface area contributed by atoms with E-state index in [1.54, 1.807) is 4.90 Å². The molecule has 0 bridgehead atoms. The molecule has 0 unspecified atom stereocenters. The number of ether oxygens (including phenoxy) is 1. The number of hydrogen-bond acceptors (Lipinski definition) is 4. The van der Waals surface area contributed by atoms with Crippen LogP contribution in [-0.4, -0.2) is 73.8 Å². The van der Waals surface area contributed by atoms with Crippen molar-refractivity contribution in [2.75, 3.05) is 39.8 Å². The van der Waals surface area contributed by atoms with Gasteiger partial charge in [-0.1, -0.05) is 0 Å². The van der Waals surface area contributed by atoms with Crippen molar-refractivity contribution in [3.8, 4) is 0 Å². The Morgan fingerprint density at radius 3 is 2.62 bits per heavy atom. The summed E-state index contributed by atoms with van der Waals surface area (Å²) in [5.41, 5.74) is 0. The number of methoxy groups -OCH3 is 1. The number of carbonyl (C=O) groups excluding carboxylic acids is 2. The van der Waals surface area contributed by atoms with E-state index in [1.165, 1.54) is 20.0 Å². The molecule has 0 aromatic carbocycles. The molecule has 0 radical (unpaired) electrons. The summed E-state index contributed by atoms with van der Waals surface area (Å²) in [7, 11) is 1.39. The summed E-state index contributed by atoms with van der Waals surface area (Å²) < 4.78 is 4.75. The van der Waals surface area contributed by atoms with Gasteiger partial charge < -0.3 is 25.2 Å². The number of carbonyl (C=O) groups is 2. The van der Waals surface area contributed by atoms with Gasteiger partial charge in [-0.05, 0) is 52.0 Å². The molecule has 2 fully saturated rings. The normalized spacial score (nSPS) is 25.4. The fourth-order valence-corrected chi connectivity index (χ4v) is 3.60. The van der Waals surface area contributed by atoms with Crippen LogP contribution in [0.3, 0.4) is 0 Å². The molecule has 0 aromatic heterocycles. The highest BCUT2D eigenvalue weighted by molar-refractivity contribution is 5.74. The monoisotopic (exact) mass is 340 g/mol. The highest BCUT2D eigenvalue weighted by Gasteiger charge is 2.26. The zero-order valence-corrected chi connectivity index (χ0v) is 15.2. The van der Waals surface area contributed by atoms with Crippen LogP contribution in [0.15, 0.2) is 0 Å². The van der Waals surface area contributed by atoms with E-state index in [1.807, 2.05) is 0 Å². The molecule has 2 heterocycles. The standard InChI is InChI=1S/C17H32N4O3/c1-13(2)20-8-4-6-14(11-20)10-18-16(22)19-15-7-5-9-21(12-15)17(23)24-3/h13-15H,4-12H2,1-3H3,(H2,18,19,22)/t14-,15+/m1/s1. The first-order valence-electron chi connectivity index (χ1n) is 9.11. The van der Waals surface area contributed by atoms with Gasteiger partial charge in [-0.2, -0.15) is 0 Å². The molecule has 2 N–H and O–H groups in total. The van der Waals surface area contributed by atoms with E-state index in [0.29, 0.717) is 31.6 Å². The van der Waals surface area contributed by atoms with Gasteiger partial charge in [0.15, 0.2) is 0 Å². The van der Waals surface area contributed by atoms with Gasteiger partial charge in [0.25, 0.3) is 0 Å². The molecule has 2 saturated heterocycles. The average molecular weight is 340 g/mol. The van der Waals surface area contributed by atoms with Gasteiger partial charge in [0.2, 0.25) is 0 Å². The summed E-state index contributed by atoms with van der Waals surface area (Å²) in [6, 6.07) is 0.429. The van der Waals surface area contributed by atoms with Crippen molar-refractivity contribution >= 4 is 12.1 Å². The van der Waals surface area contributed by atoms with Crippen molar-refractivity contribution < 1.29 is 14.3 Å². The minimum atomic E-state index is -0.321. The first-order valence-corrected chi connectivity index (χ1v) is 9.11. The molecule has 0 aromatic rings. The second-order valence-electron chi connectivity index (χ2n) is 7.21. The summed E-state index contributed by atoms with van der Waals surface area (Å²) >= 11 is 0. The van der Waals surface area contributed by atoms with Crippen LogP contribution >= 0.6 is 0 Å². The number of nitrogens with zero attached hydrogens (tertiary/aromatic N) is 2. The molecule has 0 aliphatic carbocycles. The fraction of sp³-hybridized carbons (Fsp3) is 0.882. The first-order chi connectivity index (χ1) is 11.5. The molecule has 24 heavy (non-hydrogen) atoms. The highest BCUT2D eigenvalue weighted by Crippen LogP contribution is 2.17. The second-order valence-corrected chi connectivity index (χ2v) is 7.21. The average Bonchev–Trinajstić information content (AvgIpc) is 2.59. The third-order valence-electron chi connectivity index (χ3n) is 5.02. The van der Waals surface area contributed by atoms with E-state index >= 15 is 0 Å². The molecule has 138 valence electrons. The van der Waals surface area contributed by atoms with E-state index in [-0.39, 0.29) is 18.2 Å². The summed E-state index contributed by atoms with van der Waals surface area (Å²) in [5, 5.41) is 5.99. The van der Waals surface area contributed by atoms with Gasteiger partial charge in [-0.15, -0.1) is 0 Å². The van der Waals surface area contributed by atoms with Crippen molar-refractivity contribution in [1.29, 1.82) is 0 Å². The van der Waals surface area contributed by atoms with Crippen LogP contribution in [-0.2, 0) is 4.74 Å². The second kappa shape index (κ2) is 9.11. The summed E-state index contributed by atoms with van der Waals surface area (Å²) in [5.74, 6) is 0.518. The number of hydrogen-bond donors (Lipinski definition) is 2. The van der Waals surface area contributed by atoms with Gasteiger partial charge in [0.05, 0.1) is 7.11 Å². The molecule has 7 nitrogen and oxygen atoms in total. The van der Waals surface area contributed by atoms with E-state index in [2.05, 4.69) is 29.4 Å². The van der Waals surface area contributed by atoms with Gasteiger partial charge in [0, 0.05) is 38.3 Å². The lowest BCUT2D eigenvalue weighted by Crippen LogP contribution is -2.53. The number of likely N-dealkylation sites (tertiary alicyclic amines) is 2. The van der Waals surface area contributed by atoms with Crippen LogP contribution in [0.1, 0.15) is 39.5 Å². The smallest absolute Gasteiger partial charge is 0.409 e. The van der Waals surface area contributed by atoms with Crippen LogP contribution in [0.2, 0.25) is 0 Å². The third kappa shape index (κ3) is 5.54. The maximum absolute atomic E-state index is 12.1. The Kier molecular flexibility index (Phi) is 7.15. The van der Waals surface area contributed by atoms with Crippen molar-refractivity contribution in [2.45, 2.75) is 51.6 Å². The Hall–Kier alpha value is -1.50. The maximum atomic E-state index is 12.1. The zero-order valence-electron chi connectivity index (χ0n) is 15.2. The summed E-state index contributed by atoms with van der Waals surface area (Å²) in [4.78, 5) is 27.9. The number of piperidine rings is 2. The van der Waals surface area contributed by atoms with Crippen molar-refractivity contribution in [3.05, 3.63) is 0 Å². The molecule has 3 amide bonds. The van der Waals surface area contributed by atoms with E-state index in [4.69, 9.17) is 4.74 Å². The summed E-state index contributed by atoms with van der Waals surface area (Å²) in [6.45, 7) is 8.58. The Balaban J connectivity index is 1.70. The molecule has 2 rings (SSSR count). The quantitative estimate of drug-likeness (QED) is 0.816. The van der Waals surface area contributed by atoms with Gasteiger partial charge >= 0.3 is 12.1 Å². The number of urea groups is 1. The first kappa shape index (κ1) is 18.8. The van der Waals surface area contributed by atoms with Crippen LogP contribution in [0.25, 0.3) is 0 Å². The lowest BCUT2D eigenvalue weighted by molar-refractivity contribution is 0.107.